The van der Waals surface area contributed by atoms with Crippen molar-refractivity contribution in [2.45, 2.75) is 67.2 Å². The normalized spacial score (nSPS) is 12.5. The molecule has 0 N–H and O–H groups in total. The van der Waals surface area contributed by atoms with Gasteiger partial charge >= 0.3 is 0 Å². The summed E-state index contributed by atoms with van der Waals surface area (Å²) in [6, 6.07) is 31.4. The van der Waals surface area contributed by atoms with E-state index in [1.807, 2.05) is 27.7 Å². The SMILES string of the molecule is CC.CC.CC1(C)c2cc3ccccc3cc2-c2ccc3ccc4ccccc4c3c21.CCC. The van der Waals surface area contributed by atoms with E-state index in [0.717, 1.165) is 0 Å². The van der Waals surface area contributed by atoms with Crippen LogP contribution in [0.1, 0.15) is 72.9 Å². The van der Waals surface area contributed by atoms with Gasteiger partial charge in [-0.05, 0) is 66.7 Å². The molecule has 0 nitrogen and oxygen atoms in total. The van der Waals surface area contributed by atoms with Gasteiger partial charge in [0.25, 0.3) is 0 Å². The van der Waals surface area contributed by atoms with Gasteiger partial charge in [-0.1, -0.05) is 135 Å². The molecule has 176 valence electrons. The first-order valence-corrected chi connectivity index (χ1v) is 13.0. The zero-order chi connectivity index (χ0) is 24.9. The third kappa shape index (κ3) is 4.23. The summed E-state index contributed by atoms with van der Waals surface area (Å²) < 4.78 is 0. The molecule has 0 spiro atoms. The van der Waals surface area contributed by atoms with Crippen molar-refractivity contribution in [1.82, 2.24) is 0 Å². The van der Waals surface area contributed by atoms with Crippen molar-refractivity contribution < 1.29 is 0 Å². The molecule has 0 unspecified atom stereocenters. The molecule has 0 heteroatoms. The summed E-state index contributed by atoms with van der Waals surface area (Å²) in [6.07, 6.45) is 1.25. The van der Waals surface area contributed by atoms with Crippen LogP contribution in [0, 0.1) is 0 Å². The maximum atomic E-state index is 2.40. The maximum Gasteiger partial charge on any atom is 0.0165 e. The number of rotatable bonds is 0. The fraction of sp³-hybridized carbons (Fsp3) is 0.294. The van der Waals surface area contributed by atoms with E-state index >= 15 is 0 Å². The van der Waals surface area contributed by atoms with Gasteiger partial charge in [0.15, 0.2) is 0 Å². The molecule has 34 heavy (non-hydrogen) atoms. The molecule has 5 aromatic carbocycles. The maximum absolute atomic E-state index is 2.40. The van der Waals surface area contributed by atoms with Crippen LogP contribution in [0.25, 0.3) is 43.4 Å². The second-order valence-electron chi connectivity index (χ2n) is 8.95. The third-order valence-electron chi connectivity index (χ3n) is 6.38. The Hall–Kier alpha value is -3.12. The predicted molar refractivity (Wildman–Crippen MR) is 155 cm³/mol. The monoisotopic (exact) mass is 448 g/mol. The van der Waals surface area contributed by atoms with E-state index < -0.39 is 0 Å². The number of hydrogen-bond acceptors (Lipinski definition) is 0. The molecule has 0 amide bonds. The Morgan fingerprint density at radius 3 is 1.71 bits per heavy atom. The van der Waals surface area contributed by atoms with Gasteiger partial charge < -0.3 is 0 Å². The second-order valence-corrected chi connectivity index (χ2v) is 8.95. The molecule has 0 saturated heterocycles. The number of benzene rings is 5. The van der Waals surface area contributed by atoms with Crippen LogP contribution in [-0.4, -0.2) is 0 Å². The summed E-state index contributed by atoms with van der Waals surface area (Å²) in [6.45, 7) is 17.0. The first kappa shape index (κ1) is 25.5. The quantitative estimate of drug-likeness (QED) is 0.207. The molecule has 0 saturated carbocycles. The molecule has 1 aliphatic carbocycles. The number of fused-ring (bicyclic) bond motifs is 8. The summed E-state index contributed by atoms with van der Waals surface area (Å²) in [5.74, 6) is 0. The lowest BCUT2D eigenvalue weighted by Crippen LogP contribution is -2.15. The first-order valence-electron chi connectivity index (χ1n) is 13.0. The van der Waals surface area contributed by atoms with Crippen LogP contribution in [0.15, 0.2) is 84.9 Å². The lowest BCUT2D eigenvalue weighted by Gasteiger charge is -2.24. The Bertz CT molecular complexity index is 1400. The average molecular weight is 449 g/mol. The van der Waals surface area contributed by atoms with E-state index in [2.05, 4.69) is 113 Å². The van der Waals surface area contributed by atoms with Crippen molar-refractivity contribution in [2.75, 3.05) is 0 Å². The van der Waals surface area contributed by atoms with Crippen molar-refractivity contribution in [3.05, 3.63) is 96.1 Å². The standard InChI is InChI=1S/C27H20.C3H8.2C2H6/c1-27(2)24-16-20-9-4-3-8-19(20)15-23(24)22-14-13-18-12-11-17-7-5-6-10-21(17)25(18)26(22)27;1-3-2;2*1-2/h3-16H,1-2H3;3H2,1-2H3;2*1-2H3. The highest BCUT2D eigenvalue weighted by Crippen LogP contribution is 2.53. The van der Waals surface area contributed by atoms with Crippen molar-refractivity contribution in [1.29, 1.82) is 0 Å². The summed E-state index contributed by atoms with van der Waals surface area (Å²) >= 11 is 0. The highest BCUT2D eigenvalue weighted by atomic mass is 14.4. The largest absolute Gasteiger partial charge is 0.0683 e. The zero-order valence-corrected chi connectivity index (χ0v) is 22.3. The van der Waals surface area contributed by atoms with Crippen molar-refractivity contribution in [2.24, 2.45) is 0 Å². The van der Waals surface area contributed by atoms with Gasteiger partial charge in [-0.2, -0.15) is 0 Å². The molecule has 0 aromatic heterocycles. The van der Waals surface area contributed by atoms with Crippen molar-refractivity contribution >= 4 is 32.3 Å². The van der Waals surface area contributed by atoms with Crippen LogP contribution in [0.2, 0.25) is 0 Å². The number of hydrogen-bond donors (Lipinski definition) is 0. The van der Waals surface area contributed by atoms with Crippen molar-refractivity contribution in [3.8, 4) is 11.1 Å². The Labute approximate surface area is 206 Å². The highest BCUT2D eigenvalue weighted by molar-refractivity contribution is 6.13. The van der Waals surface area contributed by atoms with Crippen LogP contribution in [0.4, 0.5) is 0 Å². The summed E-state index contributed by atoms with van der Waals surface area (Å²) in [5, 5.41) is 8.06. The lowest BCUT2D eigenvalue weighted by atomic mass is 9.79. The van der Waals surface area contributed by atoms with Crippen molar-refractivity contribution in [3.63, 3.8) is 0 Å². The molecule has 0 bridgehead atoms. The third-order valence-corrected chi connectivity index (χ3v) is 6.38. The summed E-state index contributed by atoms with van der Waals surface area (Å²) in [5.41, 5.74) is 5.69. The Kier molecular flexibility index (Phi) is 8.15. The minimum Gasteiger partial charge on any atom is -0.0683 e. The predicted octanol–water partition coefficient (Wildman–Crippen LogP) is 10.9. The topological polar surface area (TPSA) is 0 Å². The molecule has 1 aliphatic rings. The van der Waals surface area contributed by atoms with E-state index in [-0.39, 0.29) is 5.41 Å². The van der Waals surface area contributed by atoms with E-state index in [1.54, 1.807) is 0 Å². The van der Waals surface area contributed by atoms with Crippen LogP contribution in [-0.2, 0) is 5.41 Å². The van der Waals surface area contributed by atoms with Crippen LogP contribution < -0.4 is 0 Å². The zero-order valence-electron chi connectivity index (χ0n) is 22.3. The molecule has 0 fully saturated rings. The van der Waals surface area contributed by atoms with E-state index in [1.165, 1.54) is 61.0 Å². The molecule has 0 aliphatic heterocycles. The minimum absolute atomic E-state index is 0.0155. The molecule has 5 aromatic rings. The van der Waals surface area contributed by atoms with E-state index in [0.29, 0.717) is 0 Å². The highest BCUT2D eigenvalue weighted by Gasteiger charge is 2.37. The van der Waals surface area contributed by atoms with Crippen LogP contribution >= 0.6 is 0 Å². The van der Waals surface area contributed by atoms with Gasteiger partial charge in [0.1, 0.15) is 0 Å². The van der Waals surface area contributed by atoms with E-state index in [9.17, 15) is 0 Å². The van der Waals surface area contributed by atoms with Gasteiger partial charge in [0, 0.05) is 5.41 Å². The smallest absolute Gasteiger partial charge is 0.0165 e. The van der Waals surface area contributed by atoms with Gasteiger partial charge in [0.05, 0.1) is 0 Å². The Morgan fingerprint density at radius 1 is 0.559 bits per heavy atom. The van der Waals surface area contributed by atoms with Gasteiger partial charge in [-0.3, -0.25) is 0 Å². The lowest BCUT2D eigenvalue weighted by molar-refractivity contribution is 0.667. The molecule has 0 atom stereocenters. The molecule has 0 heterocycles. The van der Waals surface area contributed by atoms with Gasteiger partial charge in [0.2, 0.25) is 0 Å². The second kappa shape index (κ2) is 10.9. The fourth-order valence-corrected chi connectivity index (χ4v) is 5.09. The Balaban J connectivity index is 0.000000423. The Morgan fingerprint density at radius 2 is 1.06 bits per heavy atom. The summed E-state index contributed by atoms with van der Waals surface area (Å²) in [7, 11) is 0. The minimum atomic E-state index is -0.0155. The van der Waals surface area contributed by atoms with E-state index in [4.69, 9.17) is 0 Å². The average Bonchev–Trinajstić information content (AvgIpc) is 3.11. The molecular weight excluding hydrogens is 408 g/mol. The van der Waals surface area contributed by atoms with Crippen LogP contribution in [0.3, 0.4) is 0 Å². The molecular formula is C34H40. The first-order chi connectivity index (χ1) is 16.6. The van der Waals surface area contributed by atoms with Gasteiger partial charge in [-0.15, -0.1) is 0 Å². The molecule has 0 radical (unpaired) electrons. The van der Waals surface area contributed by atoms with Gasteiger partial charge in [-0.25, -0.2) is 0 Å². The molecule has 6 rings (SSSR count). The fourth-order valence-electron chi connectivity index (χ4n) is 5.09. The van der Waals surface area contributed by atoms with Crippen LogP contribution in [0.5, 0.6) is 0 Å². The summed E-state index contributed by atoms with van der Waals surface area (Å²) in [4.78, 5) is 0.